The first-order valence-corrected chi connectivity index (χ1v) is 38.5. The number of rotatable bonds is 14. The molecule has 7 N–H and O–H groups in total. The summed E-state index contributed by atoms with van der Waals surface area (Å²) in [5.41, 5.74) is 18.8. The van der Waals surface area contributed by atoms with E-state index in [0.29, 0.717) is 58.9 Å². The molecule has 0 spiro atoms. The number of para-hydroxylation sites is 2. The molecule has 514 valence electrons. The van der Waals surface area contributed by atoms with Gasteiger partial charge in [0.15, 0.2) is 11.6 Å². The Hall–Kier alpha value is -9.13. The van der Waals surface area contributed by atoms with Gasteiger partial charge in [0.05, 0.1) is 11.4 Å². The number of nitrogens with zero attached hydrogens (tertiary/aromatic N) is 11. The fourth-order valence-electron chi connectivity index (χ4n) is 11.8. The van der Waals surface area contributed by atoms with Crippen LogP contribution in [0.15, 0.2) is 166 Å². The van der Waals surface area contributed by atoms with Crippen LogP contribution < -0.4 is 49.9 Å². The number of amides is 3. The van der Waals surface area contributed by atoms with Crippen LogP contribution in [-0.2, 0) is 9.59 Å². The van der Waals surface area contributed by atoms with Gasteiger partial charge in [-0.15, -0.1) is 0 Å². The largest absolute Gasteiger partial charge is 0.382 e. The minimum absolute atomic E-state index is 0. The lowest BCUT2D eigenvalue weighted by Gasteiger charge is -2.33. The second kappa shape index (κ2) is 33.4. The first-order chi connectivity index (χ1) is 46.5. The minimum atomic E-state index is -0.699. The maximum Gasteiger partial charge on any atom is 0.335 e. The molecule has 6 aromatic heterocycles. The van der Waals surface area contributed by atoms with E-state index in [-0.39, 0.29) is 59.5 Å². The molecule has 2 aliphatic rings. The molecule has 12 rings (SSSR count). The summed E-state index contributed by atoms with van der Waals surface area (Å²) < 4.78 is 8.55. The van der Waals surface area contributed by atoms with E-state index in [1.165, 1.54) is 34.2 Å². The van der Waals surface area contributed by atoms with Crippen molar-refractivity contribution < 1.29 is 19.2 Å². The van der Waals surface area contributed by atoms with Gasteiger partial charge in [0.1, 0.15) is 34.8 Å². The van der Waals surface area contributed by atoms with E-state index in [0.717, 1.165) is 87.1 Å². The van der Waals surface area contributed by atoms with Crippen LogP contribution in [0.2, 0.25) is 0 Å². The van der Waals surface area contributed by atoms with Crippen molar-refractivity contribution in [3.05, 3.63) is 211 Å². The second-order valence-electron chi connectivity index (χ2n) is 24.7. The highest BCUT2D eigenvalue weighted by Gasteiger charge is 2.30. The number of nitrogen functional groups attached to an aromatic ring is 2. The Bertz CT molecular complexity index is 4730. The standard InChI is InChI=1S/C35H38N8O4.C31H32N8O3.C4H7ClO.CH4.I2/c1-21(2)33(45)40-16-14-24(15-17-40)29-18-27(30-31(36)37-20-38-43(29)30)23-10-12-25(13-11-23)39-32(44)28-19-41(22(3)4)35(47)42(34(28)46)26-8-6-5-7-9-26;1-19(2)37-17-25(30(41)38(31(37)42)23-6-4-3-5-7-23)29(40)36-22-10-8-20(9-11-22)24-16-26(21-12-14-33-15-13-21)39-27(24)28(32)34-18-35-39;1-3(2)4(5)6;;1-2/h5-13,18-22,24H,14-17H2,1-4H3,(H,39,44)(H2,36,37,38);3-11,16-19,21,33H,12-15H2,1-2H3,(H,36,40)(H2,32,34,35);3H,1-2H3;1H4;. The summed E-state index contributed by atoms with van der Waals surface area (Å²) in [6, 6.07) is 35.4. The summed E-state index contributed by atoms with van der Waals surface area (Å²) in [5.74, 6) is 0.177. The molecule has 0 aliphatic carbocycles. The van der Waals surface area contributed by atoms with Crippen molar-refractivity contribution in [3.63, 3.8) is 0 Å². The molecule has 24 nitrogen and oxygen atoms in total. The number of anilines is 4. The SMILES string of the molecule is C.CC(C)C(=O)Cl.CC(C)C(=O)N1CCC(c2cc(-c3ccc(NC(=O)c4cn(C(C)C)c(=O)n(-c5ccccc5)c4=O)cc3)c3c(N)ncnn23)CC1.CC(C)n1cc(C(=O)Nc2ccc(-c3cc(C4CCNCC4)n4ncnc(N)c34)cc2)c(=O)n(-c2ccccc2)c1=O.II. The fraction of sp³-hybridized carbons (Fsp3) is 0.324. The number of nitrogens with two attached hydrogens (primary N) is 2. The van der Waals surface area contributed by atoms with Gasteiger partial charge in [-0.05, 0) is 150 Å². The van der Waals surface area contributed by atoms with Crippen molar-refractivity contribution in [3.8, 4) is 33.6 Å². The third-order valence-electron chi connectivity index (χ3n) is 16.9. The molecule has 0 atom stereocenters. The number of carbonyl (C=O) groups is 4. The number of nitrogens with one attached hydrogen (secondary N) is 3. The number of likely N-dealkylation sites (tertiary alicyclic amines) is 1. The third-order valence-corrected chi connectivity index (χ3v) is 17.4. The van der Waals surface area contributed by atoms with Crippen LogP contribution in [0.4, 0.5) is 23.0 Å². The highest BCUT2D eigenvalue weighted by molar-refractivity contribution is 15.0. The molecule has 2 fully saturated rings. The van der Waals surface area contributed by atoms with E-state index in [1.807, 2.05) is 79.7 Å². The second-order valence-corrected chi connectivity index (χ2v) is 25.1. The lowest BCUT2D eigenvalue weighted by Crippen LogP contribution is -2.42. The topological polar surface area (TPSA) is 308 Å². The average Bonchev–Trinajstić information content (AvgIpc) is 1.50. The van der Waals surface area contributed by atoms with E-state index >= 15 is 0 Å². The molecule has 0 saturated carbocycles. The van der Waals surface area contributed by atoms with Gasteiger partial charge in [0.2, 0.25) is 11.1 Å². The quantitative estimate of drug-likeness (QED) is 0.0499. The molecular formula is C71H81ClI2N16O8. The molecule has 0 radical (unpaired) electrons. The monoisotopic (exact) mass is 1570 g/mol. The van der Waals surface area contributed by atoms with Gasteiger partial charge >= 0.3 is 11.4 Å². The Morgan fingerprint density at radius 1 is 0.551 bits per heavy atom. The summed E-state index contributed by atoms with van der Waals surface area (Å²) >= 11 is 9.21. The van der Waals surface area contributed by atoms with Gasteiger partial charge in [-0.25, -0.2) is 37.7 Å². The molecule has 3 amide bonds. The van der Waals surface area contributed by atoms with Crippen molar-refractivity contribution in [2.75, 3.05) is 48.3 Å². The fourth-order valence-corrected chi connectivity index (χ4v) is 11.8. The smallest absolute Gasteiger partial charge is 0.335 e. The summed E-state index contributed by atoms with van der Waals surface area (Å²) in [5, 5.41) is 17.8. The lowest BCUT2D eigenvalue weighted by molar-refractivity contribution is -0.135. The Morgan fingerprint density at radius 3 is 1.27 bits per heavy atom. The zero-order chi connectivity index (χ0) is 69.9. The Labute approximate surface area is 595 Å². The predicted octanol–water partition coefficient (Wildman–Crippen LogP) is 11.9. The first kappa shape index (κ1) is 74.7. The van der Waals surface area contributed by atoms with Crippen molar-refractivity contribution >= 4 is 106 Å². The molecule has 8 heterocycles. The Morgan fingerprint density at radius 2 is 0.918 bits per heavy atom. The maximum absolute atomic E-state index is 13.5. The summed E-state index contributed by atoms with van der Waals surface area (Å²) in [7, 11) is 0. The van der Waals surface area contributed by atoms with Crippen molar-refractivity contribution in [2.45, 2.75) is 112 Å². The summed E-state index contributed by atoms with van der Waals surface area (Å²) in [4.78, 5) is 113. The highest BCUT2D eigenvalue weighted by atomic mass is 128. The van der Waals surface area contributed by atoms with Crippen LogP contribution in [0, 0.1) is 11.8 Å². The number of carbonyl (C=O) groups excluding carboxylic acids is 4. The van der Waals surface area contributed by atoms with E-state index in [9.17, 15) is 38.4 Å². The first-order valence-electron chi connectivity index (χ1n) is 31.8. The van der Waals surface area contributed by atoms with Gasteiger partial charge in [0.25, 0.3) is 22.9 Å². The molecule has 0 bridgehead atoms. The van der Waals surface area contributed by atoms with Gasteiger partial charge in [0, 0.05) is 132 Å². The van der Waals surface area contributed by atoms with Crippen LogP contribution in [0.1, 0.15) is 145 Å². The van der Waals surface area contributed by atoms with E-state index < -0.39 is 34.3 Å². The highest BCUT2D eigenvalue weighted by Crippen LogP contribution is 2.39. The molecule has 2 saturated heterocycles. The number of aromatic nitrogens is 10. The van der Waals surface area contributed by atoms with Gasteiger partial charge in [-0.3, -0.25) is 37.9 Å². The molecule has 98 heavy (non-hydrogen) atoms. The number of halogens is 3. The molecule has 0 unspecified atom stereocenters. The molecular weight excluding hydrogens is 1490 g/mol. The summed E-state index contributed by atoms with van der Waals surface area (Å²) in [6.45, 7) is 17.9. The number of fused-ring (bicyclic) bond motifs is 2. The molecule has 2 aliphatic heterocycles. The van der Waals surface area contributed by atoms with E-state index in [1.54, 1.807) is 98.8 Å². The molecule has 27 heteroatoms. The van der Waals surface area contributed by atoms with Crippen LogP contribution in [-0.4, -0.2) is 102 Å². The van der Waals surface area contributed by atoms with Gasteiger partial charge in [-0.2, -0.15) is 10.2 Å². The molecule has 10 aromatic rings. The van der Waals surface area contributed by atoms with Crippen molar-refractivity contribution in [1.29, 1.82) is 0 Å². The number of hydrogen-bond donors (Lipinski definition) is 5. The molecule has 4 aromatic carbocycles. The number of benzene rings is 4. The maximum atomic E-state index is 13.5. The lowest BCUT2D eigenvalue weighted by atomic mass is 9.92. The number of hydrogen-bond acceptors (Lipinski definition) is 15. The zero-order valence-corrected chi connectivity index (χ0v) is 60.0. The van der Waals surface area contributed by atoms with Crippen LogP contribution >= 0.6 is 48.8 Å². The Kier molecular flexibility index (Phi) is 25.5. The third kappa shape index (κ3) is 16.5. The van der Waals surface area contributed by atoms with E-state index in [4.69, 9.17) is 23.1 Å². The normalized spacial score (nSPS) is 13.3. The van der Waals surface area contributed by atoms with Crippen molar-refractivity contribution in [1.82, 2.24) is 57.7 Å². The van der Waals surface area contributed by atoms with Gasteiger partial charge in [-0.1, -0.05) is 95.8 Å². The van der Waals surface area contributed by atoms with Crippen LogP contribution in [0.25, 0.3) is 44.7 Å². The zero-order valence-electron chi connectivity index (χ0n) is 55.0. The van der Waals surface area contributed by atoms with Crippen LogP contribution in [0.5, 0.6) is 0 Å². The Balaban J connectivity index is 0.000000224. The van der Waals surface area contributed by atoms with Gasteiger partial charge < -0.3 is 32.3 Å². The number of piperidine rings is 2. The minimum Gasteiger partial charge on any atom is -0.382 e. The summed E-state index contributed by atoms with van der Waals surface area (Å²) in [6.07, 6.45) is 9.22. The van der Waals surface area contributed by atoms with Crippen LogP contribution in [0.3, 0.4) is 0 Å². The average molecular weight is 1580 g/mol. The predicted molar refractivity (Wildman–Crippen MR) is 404 cm³/mol. The van der Waals surface area contributed by atoms with E-state index in [2.05, 4.69) is 85.5 Å². The van der Waals surface area contributed by atoms with Crippen molar-refractivity contribution in [2.24, 2.45) is 11.8 Å².